The van der Waals surface area contributed by atoms with E-state index in [1.807, 2.05) is 5.32 Å². The molecule has 6 nitrogen and oxygen atoms in total. The van der Waals surface area contributed by atoms with Crippen LogP contribution in [0.15, 0.2) is 41.3 Å². The lowest BCUT2D eigenvalue weighted by molar-refractivity contribution is -0.121. The Balaban J connectivity index is 0.00000225. The fourth-order valence-corrected chi connectivity index (χ4v) is 4.28. The third-order valence-electron chi connectivity index (χ3n) is 3.81. The maximum atomic E-state index is 13.1. The number of hydrogen-bond acceptors (Lipinski definition) is 4. The number of halogens is 3. The minimum atomic E-state index is -3.89. The quantitative estimate of drug-likeness (QED) is 0.807. The average molecular weight is 392 g/mol. The summed E-state index contributed by atoms with van der Waals surface area (Å²) in [5.74, 6) is -4.06. The van der Waals surface area contributed by atoms with E-state index < -0.39 is 41.5 Å². The topological polar surface area (TPSA) is 92.5 Å². The van der Waals surface area contributed by atoms with Crippen LogP contribution in [0.4, 0.5) is 14.5 Å². The second-order valence-electron chi connectivity index (χ2n) is 5.48. The van der Waals surface area contributed by atoms with E-state index in [2.05, 4.69) is 0 Å². The Labute approximate surface area is 149 Å². The van der Waals surface area contributed by atoms with Gasteiger partial charge in [-0.1, -0.05) is 24.3 Å². The van der Waals surface area contributed by atoms with Crippen molar-refractivity contribution >= 4 is 44.8 Å². The van der Waals surface area contributed by atoms with E-state index in [9.17, 15) is 22.0 Å². The lowest BCUT2D eigenvalue weighted by Crippen LogP contribution is -2.45. The molecule has 136 valence electrons. The predicted molar refractivity (Wildman–Crippen MR) is 92.7 cm³/mol. The van der Waals surface area contributed by atoms with Gasteiger partial charge < -0.3 is 11.1 Å². The number of alkyl halides is 2. The van der Waals surface area contributed by atoms with E-state index in [4.69, 9.17) is 5.73 Å². The lowest BCUT2D eigenvalue weighted by atomic mass is 10.1. The van der Waals surface area contributed by atoms with Crippen molar-refractivity contribution in [2.24, 2.45) is 5.73 Å². The third kappa shape index (κ3) is 3.39. The minimum Gasteiger partial charge on any atom is -0.348 e. The van der Waals surface area contributed by atoms with Gasteiger partial charge in [0.25, 0.3) is 15.9 Å². The molecule has 2 aromatic carbocycles. The van der Waals surface area contributed by atoms with Gasteiger partial charge in [0.15, 0.2) is 0 Å². The number of nitrogens with two attached hydrogens (primary N) is 1. The summed E-state index contributed by atoms with van der Waals surface area (Å²) >= 11 is 0. The predicted octanol–water partition coefficient (Wildman–Crippen LogP) is 1.48. The van der Waals surface area contributed by atoms with E-state index in [1.165, 1.54) is 6.07 Å². The Morgan fingerprint density at radius 3 is 2.48 bits per heavy atom. The summed E-state index contributed by atoms with van der Waals surface area (Å²) in [5.41, 5.74) is 5.26. The number of nitrogens with zero attached hydrogens (tertiary/aromatic N) is 1. The van der Waals surface area contributed by atoms with Gasteiger partial charge >= 0.3 is 0 Å². The highest BCUT2D eigenvalue weighted by Crippen LogP contribution is 2.41. The van der Waals surface area contributed by atoms with Crippen molar-refractivity contribution in [3.05, 3.63) is 36.4 Å². The number of anilines is 1. The minimum absolute atomic E-state index is 0. The first kappa shape index (κ1) is 19.4. The van der Waals surface area contributed by atoms with Gasteiger partial charge in [0, 0.05) is 5.39 Å². The van der Waals surface area contributed by atoms with Gasteiger partial charge in [-0.05, 0) is 17.5 Å². The van der Waals surface area contributed by atoms with Crippen LogP contribution in [0.3, 0.4) is 0 Å². The van der Waals surface area contributed by atoms with Crippen molar-refractivity contribution in [3.8, 4) is 0 Å². The van der Waals surface area contributed by atoms with E-state index in [0.717, 1.165) is 9.69 Å². The first-order valence-electron chi connectivity index (χ1n) is 7.15. The molecular weight excluding hydrogens is 376 g/mol. The summed E-state index contributed by atoms with van der Waals surface area (Å²) in [6.07, 6.45) is 0. The summed E-state index contributed by atoms with van der Waals surface area (Å²) in [4.78, 5) is 12.0. The maximum Gasteiger partial charge on any atom is 0.277 e. The summed E-state index contributed by atoms with van der Waals surface area (Å²) in [5, 5.41) is 3.28. The van der Waals surface area contributed by atoms with Gasteiger partial charge in [0.2, 0.25) is 5.91 Å². The van der Waals surface area contributed by atoms with Crippen LogP contribution in [-0.4, -0.2) is 39.9 Å². The molecule has 3 rings (SSSR count). The first-order chi connectivity index (χ1) is 11.3. The normalized spacial score (nSPS) is 15.1. The zero-order valence-corrected chi connectivity index (χ0v) is 14.5. The van der Waals surface area contributed by atoms with E-state index in [-0.39, 0.29) is 17.3 Å². The Morgan fingerprint density at radius 1 is 1.20 bits per heavy atom. The highest BCUT2D eigenvalue weighted by atomic mass is 35.5. The fraction of sp³-hybridized carbons (Fsp3) is 0.267. The molecule has 1 aliphatic rings. The van der Waals surface area contributed by atoms with E-state index in [0.29, 0.717) is 11.1 Å². The number of rotatable bonds is 5. The SMILES string of the molecule is Cl.NCC(F)(F)CNC(=O)CN1c2cccc3cccc(c23)S1(=O)=O. The molecule has 10 heteroatoms. The van der Waals surface area contributed by atoms with Crippen LogP contribution in [0, 0.1) is 0 Å². The highest BCUT2D eigenvalue weighted by Gasteiger charge is 2.37. The summed E-state index contributed by atoms with van der Waals surface area (Å²) in [6.45, 7) is -2.41. The summed E-state index contributed by atoms with van der Waals surface area (Å²) in [7, 11) is -3.89. The standard InChI is InChI=1S/C15H15F2N3O3S.ClH/c16-15(17,8-18)9-19-13(21)7-20-11-5-1-3-10-4-2-6-12(14(10)11)24(20,22)23;/h1-6H,7-9,18H2,(H,19,21);1H. The molecule has 0 saturated carbocycles. The second kappa shape index (κ2) is 6.74. The maximum absolute atomic E-state index is 13.1. The van der Waals surface area contributed by atoms with Gasteiger partial charge in [-0.3, -0.25) is 9.10 Å². The number of nitrogens with one attached hydrogen (secondary N) is 1. The fourth-order valence-electron chi connectivity index (χ4n) is 2.61. The average Bonchev–Trinajstić information content (AvgIpc) is 2.77. The van der Waals surface area contributed by atoms with Crippen molar-refractivity contribution in [1.29, 1.82) is 0 Å². The van der Waals surface area contributed by atoms with Crippen LogP contribution in [-0.2, 0) is 14.8 Å². The van der Waals surface area contributed by atoms with Gasteiger partial charge in [0.1, 0.15) is 6.54 Å². The largest absolute Gasteiger partial charge is 0.348 e. The summed E-state index contributed by atoms with van der Waals surface area (Å²) in [6, 6.07) is 9.87. The van der Waals surface area contributed by atoms with E-state index >= 15 is 0 Å². The van der Waals surface area contributed by atoms with Crippen molar-refractivity contribution < 1.29 is 22.0 Å². The van der Waals surface area contributed by atoms with Crippen LogP contribution in [0.2, 0.25) is 0 Å². The van der Waals surface area contributed by atoms with Gasteiger partial charge in [0.05, 0.1) is 23.7 Å². The molecule has 0 aromatic heterocycles. The molecule has 25 heavy (non-hydrogen) atoms. The van der Waals surface area contributed by atoms with Crippen molar-refractivity contribution in [2.45, 2.75) is 10.8 Å². The van der Waals surface area contributed by atoms with Crippen molar-refractivity contribution in [3.63, 3.8) is 0 Å². The molecule has 3 N–H and O–H groups in total. The van der Waals surface area contributed by atoms with Gasteiger partial charge in [-0.25, -0.2) is 17.2 Å². The number of benzene rings is 2. The second-order valence-corrected chi connectivity index (χ2v) is 7.31. The molecule has 1 aliphatic heterocycles. The Kier molecular flexibility index (Phi) is 5.22. The number of carbonyl (C=O) groups excluding carboxylic acids is 1. The van der Waals surface area contributed by atoms with Crippen LogP contribution in [0.5, 0.6) is 0 Å². The smallest absolute Gasteiger partial charge is 0.277 e. The first-order valence-corrected chi connectivity index (χ1v) is 8.59. The van der Waals surface area contributed by atoms with Crippen LogP contribution in [0.25, 0.3) is 10.8 Å². The van der Waals surface area contributed by atoms with Crippen LogP contribution < -0.4 is 15.4 Å². The summed E-state index contributed by atoms with van der Waals surface area (Å²) < 4.78 is 52.4. The molecule has 1 heterocycles. The molecule has 0 aliphatic carbocycles. The molecule has 0 fully saturated rings. The molecule has 0 spiro atoms. The number of sulfonamides is 1. The molecule has 0 atom stereocenters. The molecule has 0 unspecified atom stereocenters. The number of carbonyl (C=O) groups is 1. The molecule has 1 amide bonds. The Bertz CT molecular complexity index is 916. The zero-order chi connectivity index (χ0) is 17.5. The van der Waals surface area contributed by atoms with E-state index in [1.54, 1.807) is 30.3 Å². The van der Waals surface area contributed by atoms with Gasteiger partial charge in [-0.15, -0.1) is 12.4 Å². The van der Waals surface area contributed by atoms with Gasteiger partial charge in [-0.2, -0.15) is 0 Å². The molecule has 0 saturated heterocycles. The third-order valence-corrected chi connectivity index (χ3v) is 5.61. The number of hydrogen-bond donors (Lipinski definition) is 2. The monoisotopic (exact) mass is 391 g/mol. The molecular formula is C15H16ClF2N3O3S. The van der Waals surface area contributed by atoms with Crippen LogP contribution in [0.1, 0.15) is 0 Å². The molecule has 0 bridgehead atoms. The number of amides is 1. The lowest BCUT2D eigenvalue weighted by Gasteiger charge is -2.20. The highest BCUT2D eigenvalue weighted by molar-refractivity contribution is 7.93. The Hall–Kier alpha value is -1.97. The van der Waals surface area contributed by atoms with Crippen molar-refractivity contribution in [1.82, 2.24) is 5.32 Å². The van der Waals surface area contributed by atoms with Crippen molar-refractivity contribution in [2.75, 3.05) is 23.9 Å². The zero-order valence-electron chi connectivity index (χ0n) is 12.9. The van der Waals surface area contributed by atoms with Crippen LogP contribution >= 0.6 is 12.4 Å². The molecule has 0 radical (unpaired) electrons. The Morgan fingerprint density at radius 2 is 1.84 bits per heavy atom. The molecule has 2 aromatic rings.